The first-order valence-corrected chi connectivity index (χ1v) is 9.44. The molecular formula is C16H18BrNO2S. The minimum absolute atomic E-state index is 0.0751. The number of nitrogens with zero attached hydrogens (tertiary/aromatic N) is 1. The minimum atomic E-state index is -3.44. The van der Waals surface area contributed by atoms with Crippen molar-refractivity contribution in [2.45, 2.75) is 37.1 Å². The van der Waals surface area contributed by atoms with E-state index in [-0.39, 0.29) is 6.04 Å². The number of piperidine rings is 1. The molecule has 2 aromatic carbocycles. The molecule has 1 atom stereocenters. The Hall–Kier alpha value is -0.910. The fourth-order valence-electron chi connectivity index (χ4n) is 3.01. The summed E-state index contributed by atoms with van der Waals surface area (Å²) >= 11 is 3.50. The standard InChI is InChI=1S/C16H18BrNO2S/c1-12-6-4-5-11-18(12)21(19,20)16-10-9-15(17)13-7-2-3-8-14(13)16/h2-3,7-10,12H,4-6,11H2,1H3/t12-/m1/s1. The van der Waals surface area contributed by atoms with Crippen LogP contribution in [0.25, 0.3) is 10.8 Å². The van der Waals surface area contributed by atoms with Crippen molar-refractivity contribution in [1.29, 1.82) is 0 Å². The molecule has 1 aliphatic rings. The van der Waals surface area contributed by atoms with E-state index in [1.807, 2.05) is 37.3 Å². The van der Waals surface area contributed by atoms with Gasteiger partial charge in [0.1, 0.15) is 0 Å². The van der Waals surface area contributed by atoms with E-state index < -0.39 is 10.0 Å². The zero-order valence-electron chi connectivity index (χ0n) is 11.9. The lowest BCUT2D eigenvalue weighted by molar-refractivity contribution is 0.269. The Morgan fingerprint density at radius 3 is 2.52 bits per heavy atom. The molecule has 21 heavy (non-hydrogen) atoms. The van der Waals surface area contributed by atoms with E-state index in [4.69, 9.17) is 0 Å². The van der Waals surface area contributed by atoms with Gasteiger partial charge in [-0.05, 0) is 37.3 Å². The van der Waals surface area contributed by atoms with E-state index in [0.29, 0.717) is 11.4 Å². The van der Waals surface area contributed by atoms with Gasteiger partial charge in [-0.1, -0.05) is 46.6 Å². The van der Waals surface area contributed by atoms with Gasteiger partial charge in [0.25, 0.3) is 0 Å². The molecule has 5 heteroatoms. The third-order valence-corrected chi connectivity index (χ3v) is 6.92. The number of hydrogen-bond donors (Lipinski definition) is 0. The molecule has 0 radical (unpaired) electrons. The number of hydrogen-bond acceptors (Lipinski definition) is 2. The second-order valence-electron chi connectivity index (χ2n) is 5.55. The number of halogens is 1. The van der Waals surface area contributed by atoms with E-state index in [1.165, 1.54) is 0 Å². The molecule has 1 heterocycles. The van der Waals surface area contributed by atoms with Gasteiger partial charge >= 0.3 is 0 Å². The molecule has 0 bridgehead atoms. The van der Waals surface area contributed by atoms with Crippen molar-refractivity contribution < 1.29 is 8.42 Å². The molecule has 2 aromatic rings. The van der Waals surface area contributed by atoms with E-state index in [9.17, 15) is 8.42 Å². The zero-order chi connectivity index (χ0) is 15.0. The predicted octanol–water partition coefficient (Wildman–Crippen LogP) is 4.17. The monoisotopic (exact) mass is 367 g/mol. The number of benzene rings is 2. The molecule has 1 saturated heterocycles. The molecule has 0 aliphatic carbocycles. The molecule has 0 N–H and O–H groups in total. The van der Waals surface area contributed by atoms with Crippen LogP contribution in [0, 0.1) is 0 Å². The van der Waals surface area contributed by atoms with Crippen molar-refractivity contribution >= 4 is 36.7 Å². The molecule has 0 unspecified atom stereocenters. The first-order valence-electron chi connectivity index (χ1n) is 7.21. The van der Waals surface area contributed by atoms with Crippen molar-refractivity contribution in [3.05, 3.63) is 40.9 Å². The van der Waals surface area contributed by atoms with E-state index in [1.54, 1.807) is 10.4 Å². The third-order valence-electron chi connectivity index (χ3n) is 4.16. The van der Waals surface area contributed by atoms with Crippen LogP contribution in [0.4, 0.5) is 0 Å². The molecule has 112 valence electrons. The van der Waals surface area contributed by atoms with Crippen molar-refractivity contribution in [2.24, 2.45) is 0 Å². The molecule has 0 aromatic heterocycles. The lowest BCUT2D eigenvalue weighted by atomic mass is 10.1. The molecular weight excluding hydrogens is 350 g/mol. The summed E-state index contributed by atoms with van der Waals surface area (Å²) in [6.45, 7) is 2.62. The number of fused-ring (bicyclic) bond motifs is 1. The van der Waals surface area contributed by atoms with Gasteiger partial charge in [-0.3, -0.25) is 0 Å². The maximum Gasteiger partial charge on any atom is 0.243 e. The molecule has 0 saturated carbocycles. The molecule has 1 fully saturated rings. The molecule has 0 spiro atoms. The highest BCUT2D eigenvalue weighted by Crippen LogP contribution is 2.33. The second-order valence-corrected chi connectivity index (χ2v) is 8.26. The Morgan fingerprint density at radius 2 is 1.81 bits per heavy atom. The van der Waals surface area contributed by atoms with Gasteiger partial charge in [-0.15, -0.1) is 0 Å². The summed E-state index contributed by atoms with van der Waals surface area (Å²) in [4.78, 5) is 0.412. The van der Waals surface area contributed by atoms with Gasteiger partial charge in [0.2, 0.25) is 10.0 Å². The Labute approximate surface area is 134 Å². The van der Waals surface area contributed by atoms with E-state index in [0.717, 1.165) is 34.5 Å². The van der Waals surface area contributed by atoms with Crippen molar-refractivity contribution in [3.8, 4) is 0 Å². The normalized spacial score (nSPS) is 20.8. The van der Waals surface area contributed by atoms with Gasteiger partial charge in [0.05, 0.1) is 4.90 Å². The highest BCUT2D eigenvalue weighted by Gasteiger charge is 2.32. The van der Waals surface area contributed by atoms with Crippen molar-refractivity contribution in [1.82, 2.24) is 4.31 Å². The quantitative estimate of drug-likeness (QED) is 0.798. The highest BCUT2D eigenvalue weighted by atomic mass is 79.9. The van der Waals surface area contributed by atoms with Crippen LogP contribution in [0.1, 0.15) is 26.2 Å². The fourth-order valence-corrected chi connectivity index (χ4v) is 5.39. The summed E-state index contributed by atoms with van der Waals surface area (Å²) in [5, 5.41) is 1.72. The largest absolute Gasteiger partial charge is 0.243 e. The summed E-state index contributed by atoms with van der Waals surface area (Å²) in [7, 11) is -3.44. The molecule has 1 aliphatic heterocycles. The topological polar surface area (TPSA) is 37.4 Å². The number of rotatable bonds is 2. The average Bonchev–Trinajstić information content (AvgIpc) is 2.48. The summed E-state index contributed by atoms with van der Waals surface area (Å²) in [6.07, 6.45) is 2.99. The first-order chi connectivity index (χ1) is 10.0. The fraction of sp³-hybridized carbons (Fsp3) is 0.375. The Morgan fingerprint density at radius 1 is 1.10 bits per heavy atom. The third kappa shape index (κ3) is 2.62. The van der Waals surface area contributed by atoms with Crippen molar-refractivity contribution in [2.75, 3.05) is 6.54 Å². The average molecular weight is 368 g/mol. The van der Waals surface area contributed by atoms with Gasteiger partial charge in [-0.2, -0.15) is 4.31 Å². The van der Waals surface area contributed by atoms with E-state index in [2.05, 4.69) is 15.9 Å². The predicted molar refractivity (Wildman–Crippen MR) is 88.9 cm³/mol. The SMILES string of the molecule is C[C@@H]1CCCCN1S(=O)(=O)c1ccc(Br)c2ccccc12. The van der Waals surface area contributed by atoms with Crippen LogP contribution < -0.4 is 0 Å². The lowest BCUT2D eigenvalue weighted by Gasteiger charge is -2.32. The van der Waals surface area contributed by atoms with Gasteiger partial charge < -0.3 is 0 Å². The lowest BCUT2D eigenvalue weighted by Crippen LogP contribution is -2.41. The van der Waals surface area contributed by atoms with Crippen LogP contribution in [-0.4, -0.2) is 25.3 Å². The van der Waals surface area contributed by atoms with Crippen LogP contribution in [-0.2, 0) is 10.0 Å². The highest BCUT2D eigenvalue weighted by molar-refractivity contribution is 9.10. The maximum atomic E-state index is 13.0. The maximum absolute atomic E-state index is 13.0. The smallest absolute Gasteiger partial charge is 0.207 e. The zero-order valence-corrected chi connectivity index (χ0v) is 14.3. The van der Waals surface area contributed by atoms with Crippen LogP contribution in [0.15, 0.2) is 45.8 Å². The summed E-state index contributed by atoms with van der Waals surface area (Å²) in [5.74, 6) is 0. The molecule has 3 nitrogen and oxygen atoms in total. The summed E-state index contributed by atoms with van der Waals surface area (Å²) in [5.41, 5.74) is 0. The van der Waals surface area contributed by atoms with Crippen LogP contribution in [0.3, 0.4) is 0 Å². The molecule has 3 rings (SSSR count). The van der Waals surface area contributed by atoms with Crippen LogP contribution >= 0.6 is 15.9 Å². The van der Waals surface area contributed by atoms with Crippen LogP contribution in [0.5, 0.6) is 0 Å². The number of sulfonamides is 1. The van der Waals surface area contributed by atoms with Gasteiger partial charge in [0.15, 0.2) is 0 Å². The Balaban J connectivity index is 2.17. The first kappa shape index (κ1) is 15.0. The van der Waals surface area contributed by atoms with Crippen LogP contribution in [0.2, 0.25) is 0 Å². The van der Waals surface area contributed by atoms with Gasteiger partial charge in [-0.25, -0.2) is 8.42 Å². The Bertz CT molecular complexity index is 773. The van der Waals surface area contributed by atoms with Crippen molar-refractivity contribution in [3.63, 3.8) is 0 Å². The Kier molecular flexibility index (Phi) is 4.08. The minimum Gasteiger partial charge on any atom is -0.207 e. The van der Waals surface area contributed by atoms with Gasteiger partial charge in [0, 0.05) is 22.4 Å². The molecule has 0 amide bonds. The van der Waals surface area contributed by atoms with E-state index >= 15 is 0 Å². The second kappa shape index (κ2) is 5.71. The summed E-state index contributed by atoms with van der Waals surface area (Å²) < 4.78 is 28.6. The summed E-state index contributed by atoms with van der Waals surface area (Å²) in [6, 6.07) is 11.2.